The molecule has 0 aliphatic heterocycles. The molecule has 1 atom stereocenters. The van der Waals surface area contributed by atoms with Crippen LogP contribution in [0.4, 0.5) is 4.39 Å². The highest BCUT2D eigenvalue weighted by Crippen LogP contribution is 2.28. The van der Waals surface area contributed by atoms with Crippen molar-refractivity contribution in [3.8, 4) is 5.69 Å². The van der Waals surface area contributed by atoms with E-state index in [9.17, 15) is 9.50 Å². The summed E-state index contributed by atoms with van der Waals surface area (Å²) >= 11 is 0. The Labute approximate surface area is 122 Å². The Kier molecular flexibility index (Phi) is 3.26. The van der Waals surface area contributed by atoms with Crippen molar-refractivity contribution in [2.24, 2.45) is 0 Å². The summed E-state index contributed by atoms with van der Waals surface area (Å²) < 4.78 is 16.0. The van der Waals surface area contributed by atoms with Crippen molar-refractivity contribution in [1.82, 2.24) is 9.55 Å². The van der Waals surface area contributed by atoms with Crippen molar-refractivity contribution in [2.45, 2.75) is 26.9 Å². The lowest BCUT2D eigenvalue weighted by Crippen LogP contribution is -2.04. The van der Waals surface area contributed by atoms with Crippen LogP contribution in [0.25, 0.3) is 16.7 Å². The fourth-order valence-corrected chi connectivity index (χ4v) is 2.57. The summed E-state index contributed by atoms with van der Waals surface area (Å²) in [6, 6.07) is 8.72. The van der Waals surface area contributed by atoms with Gasteiger partial charge in [-0.05, 0) is 50.1 Å². The van der Waals surface area contributed by atoms with Crippen LogP contribution in [-0.4, -0.2) is 14.7 Å². The first-order valence-corrected chi connectivity index (χ1v) is 6.90. The summed E-state index contributed by atoms with van der Waals surface area (Å²) in [6.07, 6.45) is 0.855. The summed E-state index contributed by atoms with van der Waals surface area (Å²) in [5.74, 6) is -0.370. The molecule has 0 spiro atoms. The number of para-hydroxylation sites is 1. The normalized spacial score (nSPS) is 12.8. The molecule has 0 amide bonds. The fourth-order valence-electron chi connectivity index (χ4n) is 2.57. The Morgan fingerprint density at radius 2 is 1.90 bits per heavy atom. The third-order valence-corrected chi connectivity index (χ3v) is 3.87. The van der Waals surface area contributed by atoms with Crippen LogP contribution in [-0.2, 0) is 0 Å². The fraction of sp³-hybridized carbons (Fsp3) is 0.235. The minimum atomic E-state index is -0.750. The van der Waals surface area contributed by atoms with Gasteiger partial charge in [-0.3, -0.25) is 4.57 Å². The molecule has 1 N–H and O–H groups in total. The number of hydrogen-bond acceptors (Lipinski definition) is 2. The van der Waals surface area contributed by atoms with Gasteiger partial charge >= 0.3 is 0 Å². The van der Waals surface area contributed by atoms with E-state index in [-0.39, 0.29) is 5.82 Å². The third kappa shape index (κ3) is 2.21. The van der Waals surface area contributed by atoms with Crippen molar-refractivity contribution < 1.29 is 9.50 Å². The second-order valence-electron chi connectivity index (χ2n) is 5.39. The molecule has 0 saturated heterocycles. The van der Waals surface area contributed by atoms with Gasteiger partial charge in [0.2, 0.25) is 0 Å². The smallest absolute Gasteiger partial charge is 0.147 e. The summed E-state index contributed by atoms with van der Waals surface area (Å²) in [5.41, 5.74) is 4.84. The Hall–Kier alpha value is -2.20. The SMILES string of the molecule is Cc1cc2ncn(-c3c(F)cccc3C(C)O)c2cc1C. The number of aliphatic hydroxyl groups is 1. The molecular formula is C17H17FN2O. The lowest BCUT2D eigenvalue weighted by atomic mass is 10.1. The lowest BCUT2D eigenvalue weighted by molar-refractivity contribution is 0.198. The first-order chi connectivity index (χ1) is 9.99. The van der Waals surface area contributed by atoms with Crippen LogP contribution in [0, 0.1) is 19.7 Å². The van der Waals surface area contributed by atoms with Crippen LogP contribution in [0.5, 0.6) is 0 Å². The maximum Gasteiger partial charge on any atom is 0.147 e. The molecule has 0 aliphatic carbocycles. The number of imidazole rings is 1. The zero-order chi connectivity index (χ0) is 15.1. The number of benzene rings is 2. The summed E-state index contributed by atoms with van der Waals surface area (Å²) in [6.45, 7) is 5.67. The predicted molar refractivity (Wildman–Crippen MR) is 81.1 cm³/mol. The highest BCUT2D eigenvalue weighted by molar-refractivity contribution is 5.79. The molecule has 0 bridgehead atoms. The Bertz CT molecular complexity index is 821. The average molecular weight is 284 g/mol. The number of rotatable bonds is 2. The second-order valence-corrected chi connectivity index (χ2v) is 5.39. The van der Waals surface area contributed by atoms with Gasteiger partial charge in [-0.1, -0.05) is 12.1 Å². The van der Waals surface area contributed by atoms with Crippen LogP contribution in [0.15, 0.2) is 36.7 Å². The molecule has 1 unspecified atom stereocenters. The van der Waals surface area contributed by atoms with Gasteiger partial charge in [0, 0.05) is 5.56 Å². The van der Waals surface area contributed by atoms with E-state index in [1.807, 2.05) is 26.0 Å². The van der Waals surface area contributed by atoms with E-state index in [0.717, 1.165) is 22.2 Å². The molecule has 1 aromatic heterocycles. The molecule has 3 aromatic rings. The van der Waals surface area contributed by atoms with E-state index in [1.54, 1.807) is 30.0 Å². The van der Waals surface area contributed by atoms with Gasteiger partial charge < -0.3 is 5.11 Å². The van der Waals surface area contributed by atoms with Crippen molar-refractivity contribution in [3.63, 3.8) is 0 Å². The minimum Gasteiger partial charge on any atom is -0.389 e. The molecule has 0 fully saturated rings. The second kappa shape index (κ2) is 4.97. The van der Waals surface area contributed by atoms with Gasteiger partial charge in [0.1, 0.15) is 12.1 Å². The molecule has 108 valence electrons. The summed E-state index contributed by atoms with van der Waals surface area (Å²) in [5, 5.41) is 9.90. The number of halogens is 1. The zero-order valence-corrected chi connectivity index (χ0v) is 12.3. The maximum absolute atomic E-state index is 14.3. The van der Waals surface area contributed by atoms with Crippen LogP contribution in [0.3, 0.4) is 0 Å². The number of aliphatic hydroxyl groups excluding tert-OH is 1. The van der Waals surface area contributed by atoms with Crippen LogP contribution >= 0.6 is 0 Å². The number of hydrogen-bond donors (Lipinski definition) is 1. The quantitative estimate of drug-likeness (QED) is 0.776. The van der Waals surface area contributed by atoms with Crippen molar-refractivity contribution in [1.29, 1.82) is 0 Å². The Morgan fingerprint density at radius 3 is 2.62 bits per heavy atom. The largest absolute Gasteiger partial charge is 0.389 e. The monoisotopic (exact) mass is 284 g/mol. The van der Waals surface area contributed by atoms with Gasteiger partial charge in [0.25, 0.3) is 0 Å². The Balaban J connectivity index is 2.34. The standard InChI is InChI=1S/C17H17FN2O/c1-10-7-15-16(8-11(10)2)20(9-19-15)17-13(12(3)21)5-4-6-14(17)18/h4-9,12,21H,1-3H3. The Morgan fingerprint density at radius 1 is 1.19 bits per heavy atom. The molecule has 2 aromatic carbocycles. The van der Waals surface area contributed by atoms with Crippen molar-refractivity contribution >= 4 is 11.0 Å². The topological polar surface area (TPSA) is 38.0 Å². The first-order valence-electron chi connectivity index (χ1n) is 6.90. The van der Waals surface area contributed by atoms with Crippen LogP contribution < -0.4 is 0 Å². The summed E-state index contributed by atoms with van der Waals surface area (Å²) in [7, 11) is 0. The maximum atomic E-state index is 14.3. The number of nitrogens with zero attached hydrogens (tertiary/aromatic N) is 2. The molecule has 1 heterocycles. The third-order valence-electron chi connectivity index (χ3n) is 3.87. The summed E-state index contributed by atoms with van der Waals surface area (Å²) in [4.78, 5) is 4.35. The molecule has 21 heavy (non-hydrogen) atoms. The molecular weight excluding hydrogens is 267 g/mol. The molecule has 3 rings (SSSR count). The first kappa shape index (κ1) is 13.8. The highest BCUT2D eigenvalue weighted by atomic mass is 19.1. The number of fused-ring (bicyclic) bond motifs is 1. The molecule has 0 aliphatic rings. The van der Waals surface area contributed by atoms with E-state index in [0.29, 0.717) is 11.3 Å². The minimum absolute atomic E-state index is 0.359. The van der Waals surface area contributed by atoms with E-state index in [1.165, 1.54) is 6.07 Å². The van der Waals surface area contributed by atoms with E-state index in [2.05, 4.69) is 4.98 Å². The van der Waals surface area contributed by atoms with E-state index >= 15 is 0 Å². The van der Waals surface area contributed by atoms with Crippen molar-refractivity contribution in [3.05, 3.63) is 59.2 Å². The van der Waals surface area contributed by atoms with Crippen LogP contribution in [0.2, 0.25) is 0 Å². The van der Waals surface area contributed by atoms with E-state index < -0.39 is 6.10 Å². The molecule has 3 nitrogen and oxygen atoms in total. The number of aryl methyl sites for hydroxylation is 2. The predicted octanol–water partition coefficient (Wildman–Crippen LogP) is 3.83. The molecule has 4 heteroatoms. The van der Waals surface area contributed by atoms with E-state index in [4.69, 9.17) is 0 Å². The highest BCUT2D eigenvalue weighted by Gasteiger charge is 2.16. The molecule has 0 saturated carbocycles. The average Bonchev–Trinajstić information content (AvgIpc) is 2.81. The van der Waals surface area contributed by atoms with Crippen LogP contribution in [0.1, 0.15) is 29.7 Å². The van der Waals surface area contributed by atoms with Gasteiger partial charge in [0.05, 0.1) is 22.8 Å². The lowest BCUT2D eigenvalue weighted by Gasteiger charge is -2.14. The molecule has 0 radical (unpaired) electrons. The van der Waals surface area contributed by atoms with Gasteiger partial charge in [-0.25, -0.2) is 9.37 Å². The number of aromatic nitrogens is 2. The van der Waals surface area contributed by atoms with Gasteiger partial charge in [0.15, 0.2) is 0 Å². The zero-order valence-electron chi connectivity index (χ0n) is 12.3. The van der Waals surface area contributed by atoms with Crippen molar-refractivity contribution in [2.75, 3.05) is 0 Å². The van der Waals surface area contributed by atoms with Gasteiger partial charge in [-0.15, -0.1) is 0 Å². The van der Waals surface area contributed by atoms with Gasteiger partial charge in [-0.2, -0.15) is 0 Å².